The summed E-state index contributed by atoms with van der Waals surface area (Å²) in [6.07, 6.45) is 7.83. The molecule has 0 N–H and O–H groups in total. The molecule has 96 valence electrons. The average molecular weight is 260 g/mol. The smallest absolute Gasteiger partial charge is 0.194 e. The van der Waals surface area contributed by atoms with Crippen molar-refractivity contribution in [2.75, 3.05) is 0 Å². The molecule has 0 saturated heterocycles. The van der Waals surface area contributed by atoms with Crippen molar-refractivity contribution in [2.45, 2.75) is 58.3 Å². The van der Waals surface area contributed by atoms with Crippen molar-refractivity contribution in [1.29, 1.82) is 0 Å². The Labute approximate surface area is 112 Å². The van der Waals surface area contributed by atoms with Crippen LogP contribution in [-0.2, 0) is 19.3 Å². The Balaban J connectivity index is 1.96. The van der Waals surface area contributed by atoms with Gasteiger partial charge in [-0.2, -0.15) is 0 Å². The summed E-state index contributed by atoms with van der Waals surface area (Å²) in [4.78, 5) is 7.85. The predicted molar refractivity (Wildman–Crippen MR) is 75.6 cm³/mol. The van der Waals surface area contributed by atoms with Gasteiger partial charge in [-0.15, -0.1) is 11.3 Å². The summed E-state index contributed by atoms with van der Waals surface area (Å²) < 4.78 is 2.52. The van der Waals surface area contributed by atoms with Crippen LogP contribution < -0.4 is 0 Å². The Kier molecular flexibility index (Phi) is 2.35. The van der Waals surface area contributed by atoms with Crippen molar-refractivity contribution >= 4 is 16.3 Å². The fraction of sp³-hybridized carbons (Fsp3) is 0.667. The molecule has 2 aromatic heterocycles. The highest BCUT2D eigenvalue weighted by Crippen LogP contribution is 2.39. The van der Waals surface area contributed by atoms with Crippen LogP contribution >= 0.6 is 11.3 Å². The van der Waals surface area contributed by atoms with Gasteiger partial charge in [-0.25, -0.2) is 4.98 Å². The Morgan fingerprint density at radius 2 is 1.94 bits per heavy atom. The fourth-order valence-corrected chi connectivity index (χ4v) is 4.83. The van der Waals surface area contributed by atoms with Gasteiger partial charge in [0.1, 0.15) is 0 Å². The maximum atomic E-state index is 4.97. The Hall–Kier alpha value is -0.830. The van der Waals surface area contributed by atoms with Crippen molar-refractivity contribution in [3.05, 3.63) is 22.0 Å². The zero-order chi connectivity index (χ0) is 12.3. The molecule has 0 bridgehead atoms. The van der Waals surface area contributed by atoms with E-state index in [1.165, 1.54) is 54.9 Å². The Morgan fingerprint density at radius 3 is 2.83 bits per heavy atom. The van der Waals surface area contributed by atoms with E-state index in [1.807, 2.05) is 11.3 Å². The molecule has 2 aliphatic rings. The summed E-state index contributed by atoms with van der Waals surface area (Å²) >= 11 is 1.95. The van der Waals surface area contributed by atoms with E-state index >= 15 is 0 Å². The van der Waals surface area contributed by atoms with Gasteiger partial charge in [0.25, 0.3) is 0 Å². The van der Waals surface area contributed by atoms with Crippen LogP contribution in [0.25, 0.3) is 4.96 Å². The molecule has 3 heteroatoms. The second-order valence-corrected chi connectivity index (χ2v) is 7.11. The van der Waals surface area contributed by atoms with E-state index in [1.54, 1.807) is 10.6 Å². The molecule has 0 fully saturated rings. The third-order valence-corrected chi connectivity index (χ3v) is 6.11. The lowest BCUT2D eigenvalue weighted by Gasteiger charge is -2.25. The molecule has 2 atom stereocenters. The summed E-state index contributed by atoms with van der Waals surface area (Å²) in [5.41, 5.74) is 4.53. The second-order valence-electron chi connectivity index (χ2n) is 6.05. The number of rotatable bonds is 0. The van der Waals surface area contributed by atoms with Gasteiger partial charge < -0.3 is 0 Å². The third kappa shape index (κ3) is 1.37. The second kappa shape index (κ2) is 3.83. The summed E-state index contributed by atoms with van der Waals surface area (Å²) in [6.45, 7) is 4.72. The molecule has 2 aliphatic carbocycles. The van der Waals surface area contributed by atoms with Gasteiger partial charge in [0.2, 0.25) is 0 Å². The molecule has 0 saturated carbocycles. The quantitative estimate of drug-likeness (QED) is 0.701. The number of fused-ring (bicyclic) bond motifs is 5. The molecule has 0 radical (unpaired) electrons. The zero-order valence-electron chi connectivity index (χ0n) is 11.2. The summed E-state index contributed by atoms with van der Waals surface area (Å²) in [6, 6.07) is 0. The molecule has 0 aromatic carbocycles. The minimum atomic E-state index is 0.639. The number of nitrogens with zero attached hydrogens (tertiary/aromatic N) is 2. The van der Waals surface area contributed by atoms with E-state index in [4.69, 9.17) is 4.98 Å². The van der Waals surface area contributed by atoms with Crippen molar-refractivity contribution < 1.29 is 0 Å². The van der Waals surface area contributed by atoms with Crippen LogP contribution in [0.15, 0.2) is 0 Å². The molecular weight excluding hydrogens is 240 g/mol. The lowest BCUT2D eigenvalue weighted by Crippen LogP contribution is -2.17. The lowest BCUT2D eigenvalue weighted by atomic mass is 9.82. The number of thiazole rings is 1. The van der Waals surface area contributed by atoms with Crippen molar-refractivity contribution in [2.24, 2.45) is 5.92 Å². The highest BCUT2D eigenvalue weighted by Gasteiger charge is 2.30. The van der Waals surface area contributed by atoms with Crippen LogP contribution in [0.3, 0.4) is 0 Å². The normalized spacial score (nSPS) is 27.2. The van der Waals surface area contributed by atoms with Gasteiger partial charge in [-0.3, -0.25) is 4.40 Å². The number of aryl methyl sites for hydroxylation is 3. The SMILES string of the molecule is CC1CCc2c(nc3sc4c(n23)CCCC4)C1C. The summed E-state index contributed by atoms with van der Waals surface area (Å²) in [5, 5.41) is 0. The summed E-state index contributed by atoms with van der Waals surface area (Å²) in [5.74, 6) is 1.43. The van der Waals surface area contributed by atoms with Crippen LogP contribution in [0.4, 0.5) is 0 Å². The first-order valence-electron chi connectivity index (χ1n) is 7.27. The van der Waals surface area contributed by atoms with Crippen LogP contribution in [0.2, 0.25) is 0 Å². The van der Waals surface area contributed by atoms with E-state index in [0.717, 1.165) is 5.92 Å². The molecule has 2 nitrogen and oxygen atoms in total. The average Bonchev–Trinajstić information content (AvgIpc) is 2.90. The molecule has 18 heavy (non-hydrogen) atoms. The van der Waals surface area contributed by atoms with Gasteiger partial charge in [-0.05, 0) is 44.4 Å². The van der Waals surface area contributed by atoms with Gasteiger partial charge in [0.05, 0.1) is 5.69 Å². The molecule has 0 amide bonds. The minimum absolute atomic E-state index is 0.639. The van der Waals surface area contributed by atoms with E-state index in [0.29, 0.717) is 5.92 Å². The van der Waals surface area contributed by atoms with Crippen molar-refractivity contribution in [1.82, 2.24) is 9.38 Å². The molecule has 0 spiro atoms. The van der Waals surface area contributed by atoms with Gasteiger partial charge >= 0.3 is 0 Å². The number of imidazole rings is 1. The number of hydrogen-bond donors (Lipinski definition) is 0. The van der Waals surface area contributed by atoms with Gasteiger partial charge in [-0.1, -0.05) is 13.8 Å². The largest absolute Gasteiger partial charge is 0.291 e. The van der Waals surface area contributed by atoms with Gasteiger partial charge in [0.15, 0.2) is 4.96 Å². The fourth-order valence-electron chi connectivity index (χ4n) is 3.60. The number of hydrogen-bond acceptors (Lipinski definition) is 2. The van der Waals surface area contributed by atoms with Gasteiger partial charge in [0, 0.05) is 22.2 Å². The first-order valence-corrected chi connectivity index (χ1v) is 8.09. The van der Waals surface area contributed by atoms with Crippen LogP contribution in [0, 0.1) is 5.92 Å². The first kappa shape index (κ1) is 11.0. The number of aromatic nitrogens is 2. The molecule has 2 unspecified atom stereocenters. The van der Waals surface area contributed by atoms with Crippen LogP contribution in [0.5, 0.6) is 0 Å². The molecule has 0 aliphatic heterocycles. The lowest BCUT2D eigenvalue weighted by molar-refractivity contribution is 0.414. The van der Waals surface area contributed by atoms with Crippen LogP contribution in [0.1, 0.15) is 61.0 Å². The molecular formula is C15H20N2S. The predicted octanol–water partition coefficient (Wildman–Crippen LogP) is 3.96. The maximum absolute atomic E-state index is 4.97. The van der Waals surface area contributed by atoms with Crippen molar-refractivity contribution in [3.8, 4) is 0 Å². The highest BCUT2D eigenvalue weighted by molar-refractivity contribution is 7.17. The standard InChI is InChI=1S/C15H20N2S/c1-9-7-8-12-14(10(9)2)16-15-17(12)11-5-3-4-6-13(11)18-15/h9-10H,3-8H2,1-2H3. The molecule has 4 rings (SSSR count). The zero-order valence-corrected chi connectivity index (χ0v) is 12.0. The Morgan fingerprint density at radius 1 is 1.11 bits per heavy atom. The molecule has 2 heterocycles. The monoisotopic (exact) mass is 260 g/mol. The first-order chi connectivity index (χ1) is 8.75. The van der Waals surface area contributed by atoms with Crippen molar-refractivity contribution in [3.63, 3.8) is 0 Å². The third-order valence-electron chi connectivity index (χ3n) is 4.97. The van der Waals surface area contributed by atoms with E-state index in [9.17, 15) is 0 Å². The van der Waals surface area contributed by atoms with E-state index in [2.05, 4.69) is 18.2 Å². The summed E-state index contributed by atoms with van der Waals surface area (Å²) in [7, 11) is 0. The Bertz CT molecular complexity index is 608. The van der Waals surface area contributed by atoms with E-state index < -0.39 is 0 Å². The topological polar surface area (TPSA) is 17.3 Å². The highest BCUT2D eigenvalue weighted by atomic mass is 32.1. The molecule has 2 aromatic rings. The minimum Gasteiger partial charge on any atom is -0.291 e. The van der Waals surface area contributed by atoms with E-state index in [-0.39, 0.29) is 0 Å². The maximum Gasteiger partial charge on any atom is 0.194 e. The van der Waals surface area contributed by atoms with Crippen LogP contribution in [-0.4, -0.2) is 9.38 Å².